The molecule has 0 aliphatic carbocycles. The van der Waals surface area contributed by atoms with Crippen LogP contribution in [0.5, 0.6) is 5.75 Å². The van der Waals surface area contributed by atoms with E-state index >= 15 is 0 Å². The molecule has 6 nitrogen and oxygen atoms in total. The highest BCUT2D eigenvalue weighted by Gasteiger charge is 2.35. The molecule has 154 valence electrons. The highest BCUT2D eigenvalue weighted by atomic mass is 32.2. The van der Waals surface area contributed by atoms with Gasteiger partial charge in [-0.3, -0.25) is 0 Å². The summed E-state index contributed by atoms with van der Waals surface area (Å²) in [5.41, 5.74) is -0.434. The van der Waals surface area contributed by atoms with Gasteiger partial charge in [-0.1, -0.05) is 33.9 Å². The largest absolute Gasteiger partial charge is 0.462 e. The number of carbonyl (C=O) groups is 1. The molecule has 0 fully saturated rings. The van der Waals surface area contributed by atoms with Gasteiger partial charge in [0, 0.05) is 23.1 Å². The van der Waals surface area contributed by atoms with Crippen LogP contribution < -0.4 is 9.50 Å². The SMILES string of the molecule is C=C(C)N[C@H]1Cc2cc(F)c(F)c(C(=O)OCOC(=C)C(C)(C)C)c2OS1=O. The molecule has 28 heavy (non-hydrogen) atoms. The molecule has 1 unspecified atom stereocenters. The van der Waals surface area contributed by atoms with E-state index in [0.29, 0.717) is 11.5 Å². The number of benzene rings is 1. The third-order valence-electron chi connectivity index (χ3n) is 3.92. The summed E-state index contributed by atoms with van der Waals surface area (Å²) in [6.07, 6.45) is 0.0453. The molecule has 1 aromatic rings. The van der Waals surface area contributed by atoms with Crippen molar-refractivity contribution in [3.63, 3.8) is 0 Å². The first-order valence-electron chi connectivity index (χ1n) is 8.43. The Morgan fingerprint density at radius 3 is 2.57 bits per heavy atom. The van der Waals surface area contributed by atoms with Gasteiger partial charge in [-0.05, 0) is 13.0 Å². The van der Waals surface area contributed by atoms with Crippen LogP contribution in [0.4, 0.5) is 8.78 Å². The van der Waals surface area contributed by atoms with E-state index in [-0.39, 0.29) is 23.1 Å². The maximum atomic E-state index is 14.3. The summed E-state index contributed by atoms with van der Waals surface area (Å²) in [6, 6.07) is 0.906. The van der Waals surface area contributed by atoms with E-state index in [1.807, 2.05) is 20.8 Å². The normalized spacial score (nSPS) is 18.5. The van der Waals surface area contributed by atoms with Gasteiger partial charge in [0.2, 0.25) is 17.9 Å². The van der Waals surface area contributed by atoms with Crippen LogP contribution in [0.15, 0.2) is 30.7 Å². The molecule has 1 aliphatic rings. The summed E-state index contributed by atoms with van der Waals surface area (Å²) in [4.78, 5) is 12.3. The molecular formula is C19H23F2NO5S. The molecule has 9 heteroatoms. The Kier molecular flexibility index (Phi) is 6.48. The van der Waals surface area contributed by atoms with Crippen LogP contribution in [0.1, 0.15) is 43.6 Å². The molecular weight excluding hydrogens is 392 g/mol. The van der Waals surface area contributed by atoms with Gasteiger partial charge < -0.3 is 19.0 Å². The second-order valence-corrected chi connectivity index (χ2v) is 8.62. The number of carbonyl (C=O) groups excluding carboxylic acids is 1. The van der Waals surface area contributed by atoms with Crippen molar-refractivity contribution in [2.45, 2.75) is 39.5 Å². The monoisotopic (exact) mass is 415 g/mol. The number of fused-ring (bicyclic) bond motifs is 1. The van der Waals surface area contributed by atoms with Crippen molar-refractivity contribution in [3.8, 4) is 5.75 Å². The highest BCUT2D eigenvalue weighted by molar-refractivity contribution is 7.81. The average Bonchev–Trinajstić information content (AvgIpc) is 2.56. The van der Waals surface area contributed by atoms with Crippen molar-refractivity contribution in [1.82, 2.24) is 5.32 Å². The topological polar surface area (TPSA) is 73.9 Å². The Morgan fingerprint density at radius 1 is 1.36 bits per heavy atom. The predicted molar refractivity (Wildman–Crippen MR) is 101 cm³/mol. The average molecular weight is 415 g/mol. The molecule has 1 aliphatic heterocycles. The van der Waals surface area contributed by atoms with Gasteiger partial charge >= 0.3 is 5.97 Å². The Hall–Kier alpha value is -2.42. The fraction of sp³-hybridized carbons (Fsp3) is 0.421. The van der Waals surface area contributed by atoms with Crippen LogP contribution in [-0.4, -0.2) is 22.3 Å². The minimum atomic E-state index is -1.94. The van der Waals surface area contributed by atoms with E-state index in [1.54, 1.807) is 6.92 Å². The van der Waals surface area contributed by atoms with Crippen LogP contribution in [0, 0.1) is 17.0 Å². The van der Waals surface area contributed by atoms with Gasteiger partial charge in [0.25, 0.3) is 0 Å². The molecule has 1 heterocycles. The lowest BCUT2D eigenvalue weighted by atomic mass is 9.95. The van der Waals surface area contributed by atoms with Gasteiger partial charge in [-0.2, -0.15) is 0 Å². The van der Waals surface area contributed by atoms with Crippen molar-refractivity contribution >= 4 is 17.0 Å². The first-order chi connectivity index (χ1) is 12.9. The molecule has 0 saturated heterocycles. The van der Waals surface area contributed by atoms with Gasteiger partial charge in [-0.15, -0.1) is 0 Å². The first-order valence-corrected chi connectivity index (χ1v) is 9.56. The summed E-state index contributed by atoms with van der Waals surface area (Å²) in [7, 11) is 0. The van der Waals surface area contributed by atoms with E-state index in [9.17, 15) is 17.8 Å². The number of hydrogen-bond donors (Lipinski definition) is 1. The summed E-state index contributed by atoms with van der Waals surface area (Å²) in [5, 5.41) is 2.12. The molecule has 0 radical (unpaired) electrons. The number of halogens is 2. The molecule has 0 amide bonds. The smallest absolute Gasteiger partial charge is 0.348 e. The number of rotatable bonds is 6. The molecule has 0 saturated carbocycles. The molecule has 0 spiro atoms. The van der Waals surface area contributed by atoms with E-state index in [0.717, 1.165) is 6.07 Å². The molecule has 1 aromatic carbocycles. The van der Waals surface area contributed by atoms with Crippen molar-refractivity contribution in [2.75, 3.05) is 6.79 Å². The fourth-order valence-electron chi connectivity index (χ4n) is 2.32. The molecule has 0 aromatic heterocycles. The van der Waals surface area contributed by atoms with Gasteiger partial charge in [0.1, 0.15) is 10.9 Å². The number of allylic oxidation sites excluding steroid dienone is 2. The molecule has 0 bridgehead atoms. The zero-order chi connectivity index (χ0) is 21.2. The minimum absolute atomic E-state index is 0.0453. The molecule has 2 atom stereocenters. The quantitative estimate of drug-likeness (QED) is 0.434. The van der Waals surface area contributed by atoms with Crippen LogP contribution in [0.2, 0.25) is 0 Å². The third kappa shape index (κ3) is 4.89. The predicted octanol–water partition coefficient (Wildman–Crippen LogP) is 3.70. The minimum Gasteiger partial charge on any atom is -0.462 e. The Labute approximate surface area is 165 Å². The van der Waals surface area contributed by atoms with Crippen LogP contribution in [-0.2, 0) is 27.0 Å². The Balaban J connectivity index is 2.25. The highest BCUT2D eigenvalue weighted by Crippen LogP contribution is 2.35. The lowest BCUT2D eigenvalue weighted by Gasteiger charge is -2.27. The van der Waals surface area contributed by atoms with Crippen LogP contribution in [0.25, 0.3) is 0 Å². The maximum absolute atomic E-state index is 14.3. The van der Waals surface area contributed by atoms with E-state index < -0.39 is 46.4 Å². The maximum Gasteiger partial charge on any atom is 0.348 e. The van der Waals surface area contributed by atoms with Crippen molar-refractivity contribution in [2.24, 2.45) is 5.41 Å². The van der Waals surface area contributed by atoms with Crippen molar-refractivity contribution in [3.05, 3.63) is 53.4 Å². The van der Waals surface area contributed by atoms with Crippen LogP contribution in [0.3, 0.4) is 0 Å². The summed E-state index contributed by atoms with van der Waals surface area (Å²) in [6.45, 7) is 14.0. The summed E-state index contributed by atoms with van der Waals surface area (Å²) >= 11 is -1.94. The third-order valence-corrected chi connectivity index (χ3v) is 5.00. The van der Waals surface area contributed by atoms with Gasteiger partial charge in [0.05, 0.1) is 5.76 Å². The zero-order valence-electron chi connectivity index (χ0n) is 16.2. The second-order valence-electron chi connectivity index (χ2n) is 7.36. The molecule has 2 rings (SSSR count). The zero-order valence-corrected chi connectivity index (χ0v) is 17.0. The first kappa shape index (κ1) is 21.9. The van der Waals surface area contributed by atoms with E-state index in [2.05, 4.69) is 18.5 Å². The van der Waals surface area contributed by atoms with E-state index in [4.69, 9.17) is 13.7 Å². The van der Waals surface area contributed by atoms with Crippen molar-refractivity contribution < 1.29 is 31.4 Å². The Morgan fingerprint density at radius 2 is 2.00 bits per heavy atom. The van der Waals surface area contributed by atoms with Gasteiger partial charge in [-0.25, -0.2) is 17.8 Å². The van der Waals surface area contributed by atoms with Crippen molar-refractivity contribution in [1.29, 1.82) is 0 Å². The number of ether oxygens (including phenoxy) is 2. The Bertz CT molecular complexity index is 848. The molecule has 1 N–H and O–H groups in total. The fourth-order valence-corrected chi connectivity index (χ4v) is 3.40. The summed E-state index contributed by atoms with van der Waals surface area (Å²) < 4.78 is 55.9. The lowest BCUT2D eigenvalue weighted by molar-refractivity contribution is -0.0186. The van der Waals surface area contributed by atoms with E-state index in [1.165, 1.54) is 0 Å². The standard InChI is InChI=1S/C19H23F2NO5S/c1-10(2)22-14-8-12-7-13(20)16(21)15(17(12)27-28(14)24)18(23)26-9-25-11(3)19(4,5)6/h7,14,22H,1,3,8-9H2,2,4-6H3/t14-,28?/m1/s1. The van der Waals surface area contributed by atoms with Crippen LogP contribution >= 0.6 is 0 Å². The number of esters is 1. The van der Waals surface area contributed by atoms with Gasteiger partial charge in [0.15, 0.2) is 17.4 Å². The lowest BCUT2D eigenvalue weighted by Crippen LogP contribution is -2.39. The second kappa shape index (κ2) is 8.30. The number of nitrogens with one attached hydrogen (secondary N) is 1. The summed E-state index contributed by atoms with van der Waals surface area (Å²) in [5.74, 6) is -3.83. The number of hydrogen-bond acceptors (Lipinski definition) is 6.